The summed E-state index contributed by atoms with van der Waals surface area (Å²) in [5.74, 6) is 1.47. The minimum atomic E-state index is 0.587. The van der Waals surface area contributed by atoms with Crippen LogP contribution in [0.15, 0.2) is 160 Å². The Kier molecular flexibility index (Phi) is 5.67. The highest BCUT2D eigenvalue weighted by atomic mass is 32.2. The van der Waals surface area contributed by atoms with Crippen LogP contribution in [0.1, 0.15) is 0 Å². The second kappa shape index (κ2) is 10.0. The number of hydrogen-bond donors (Lipinski definition) is 0. The van der Waals surface area contributed by atoms with Crippen molar-refractivity contribution in [2.24, 2.45) is 0 Å². The molecule has 0 spiro atoms. The van der Waals surface area contributed by atoms with Crippen LogP contribution in [0.25, 0.3) is 50.7 Å². The molecule has 8 aromatic rings. The van der Waals surface area contributed by atoms with Crippen LogP contribution in [0.3, 0.4) is 0 Å². The molecule has 0 unspecified atom stereocenters. The van der Waals surface area contributed by atoms with Crippen LogP contribution in [0.2, 0.25) is 0 Å². The summed E-state index contributed by atoms with van der Waals surface area (Å²) in [6.45, 7) is 0. The van der Waals surface area contributed by atoms with Crippen LogP contribution >= 0.6 is 11.8 Å². The summed E-state index contributed by atoms with van der Waals surface area (Å²) in [7, 11) is 0. The van der Waals surface area contributed by atoms with Crippen molar-refractivity contribution in [3.8, 4) is 28.5 Å². The second-order valence-electron chi connectivity index (χ2n) is 10.7. The van der Waals surface area contributed by atoms with E-state index in [0.717, 1.165) is 44.9 Å². The average molecular weight is 585 g/mol. The molecule has 0 aliphatic carbocycles. The topological polar surface area (TPSA) is 47.1 Å². The molecule has 6 aromatic carbocycles. The highest BCUT2D eigenvalue weighted by Crippen LogP contribution is 2.51. The minimum Gasteiger partial charge on any atom is -0.436 e. The van der Waals surface area contributed by atoms with Crippen molar-refractivity contribution < 1.29 is 4.42 Å². The SMILES string of the molecule is c1ccc(-c2nc3cc4oc(-c5ccc(N6c7ccccc7Sc7ccccc76)cc5)nc4cc3n2-c2ccccc2)cc1. The zero-order chi connectivity index (χ0) is 29.0. The zero-order valence-corrected chi connectivity index (χ0v) is 24.3. The van der Waals surface area contributed by atoms with E-state index >= 15 is 0 Å². The lowest BCUT2D eigenvalue weighted by atomic mass is 10.1. The van der Waals surface area contributed by atoms with Gasteiger partial charge in [-0.25, -0.2) is 9.97 Å². The van der Waals surface area contributed by atoms with Gasteiger partial charge in [0, 0.05) is 38.4 Å². The second-order valence-corrected chi connectivity index (χ2v) is 11.8. The monoisotopic (exact) mass is 584 g/mol. The van der Waals surface area contributed by atoms with Crippen molar-refractivity contribution in [3.05, 3.63) is 146 Å². The van der Waals surface area contributed by atoms with Gasteiger partial charge in [-0.05, 0) is 66.7 Å². The number of rotatable bonds is 4. The minimum absolute atomic E-state index is 0.587. The molecule has 0 radical (unpaired) electrons. The smallest absolute Gasteiger partial charge is 0.227 e. The third kappa shape index (κ3) is 4.03. The van der Waals surface area contributed by atoms with Gasteiger partial charge in [-0.15, -0.1) is 0 Å². The van der Waals surface area contributed by atoms with E-state index in [0.29, 0.717) is 11.5 Å². The molecular weight excluding hydrogens is 561 g/mol. The standard InChI is InChI=1S/C38H24N4OS/c1-3-11-25(12-4-1)37-39-29-24-34-30(23-33(29)42(37)27-13-5-2-6-14-27)40-38(43-34)26-19-21-28(22-20-26)41-31-15-7-9-17-35(31)44-36-18-10-8-16-32(36)41/h1-24H. The summed E-state index contributed by atoms with van der Waals surface area (Å²) in [6.07, 6.45) is 0. The molecule has 3 heterocycles. The summed E-state index contributed by atoms with van der Waals surface area (Å²) < 4.78 is 8.54. The molecule has 1 aliphatic rings. The van der Waals surface area contributed by atoms with Crippen LogP contribution in [0.4, 0.5) is 17.1 Å². The Balaban J connectivity index is 1.13. The Morgan fingerprint density at radius 2 is 1.16 bits per heavy atom. The number of anilines is 3. The van der Waals surface area contributed by atoms with Crippen molar-refractivity contribution in [1.82, 2.24) is 14.5 Å². The lowest BCUT2D eigenvalue weighted by molar-refractivity contribution is 0.620. The summed E-state index contributed by atoms with van der Waals surface area (Å²) >= 11 is 1.81. The molecule has 5 nitrogen and oxygen atoms in total. The maximum absolute atomic E-state index is 6.34. The molecule has 0 fully saturated rings. The van der Waals surface area contributed by atoms with E-state index < -0.39 is 0 Å². The molecule has 0 saturated carbocycles. The third-order valence-electron chi connectivity index (χ3n) is 8.01. The van der Waals surface area contributed by atoms with Gasteiger partial charge in [-0.3, -0.25) is 4.57 Å². The molecule has 0 N–H and O–H groups in total. The number of benzene rings is 6. The highest BCUT2D eigenvalue weighted by molar-refractivity contribution is 7.99. The zero-order valence-electron chi connectivity index (χ0n) is 23.5. The van der Waals surface area contributed by atoms with Crippen LogP contribution < -0.4 is 4.90 Å². The van der Waals surface area contributed by atoms with Crippen molar-refractivity contribution in [1.29, 1.82) is 0 Å². The Morgan fingerprint density at radius 1 is 0.523 bits per heavy atom. The first-order chi connectivity index (χ1) is 21.8. The Labute approximate surface area is 258 Å². The number of imidazole rings is 1. The molecule has 44 heavy (non-hydrogen) atoms. The first-order valence-corrected chi connectivity index (χ1v) is 15.3. The predicted octanol–water partition coefficient (Wildman–Crippen LogP) is 10.4. The fourth-order valence-electron chi connectivity index (χ4n) is 5.98. The highest BCUT2D eigenvalue weighted by Gasteiger charge is 2.24. The number of nitrogens with zero attached hydrogens (tertiary/aromatic N) is 4. The Hall–Kier alpha value is -5.59. The average Bonchev–Trinajstić information content (AvgIpc) is 3.68. The quantitative estimate of drug-likeness (QED) is 0.206. The van der Waals surface area contributed by atoms with Gasteiger partial charge < -0.3 is 9.32 Å². The first-order valence-electron chi connectivity index (χ1n) is 14.5. The van der Waals surface area contributed by atoms with E-state index in [4.69, 9.17) is 14.4 Å². The number of oxazole rings is 1. The van der Waals surface area contributed by atoms with E-state index in [9.17, 15) is 0 Å². The molecule has 0 amide bonds. The lowest BCUT2D eigenvalue weighted by Crippen LogP contribution is -2.14. The van der Waals surface area contributed by atoms with Crippen LogP contribution in [-0.4, -0.2) is 14.5 Å². The summed E-state index contributed by atoms with van der Waals surface area (Å²) in [5, 5.41) is 0. The van der Waals surface area contributed by atoms with Crippen LogP contribution in [0, 0.1) is 0 Å². The molecule has 208 valence electrons. The van der Waals surface area contributed by atoms with Crippen molar-refractivity contribution in [2.75, 3.05) is 4.90 Å². The normalized spacial score (nSPS) is 12.4. The van der Waals surface area contributed by atoms with Gasteiger partial charge in [-0.1, -0.05) is 84.6 Å². The van der Waals surface area contributed by atoms with Gasteiger partial charge in [0.15, 0.2) is 5.58 Å². The van der Waals surface area contributed by atoms with E-state index in [2.05, 4.69) is 113 Å². The van der Waals surface area contributed by atoms with Gasteiger partial charge >= 0.3 is 0 Å². The van der Waals surface area contributed by atoms with Gasteiger partial charge in [0.2, 0.25) is 5.89 Å². The van der Waals surface area contributed by atoms with E-state index in [1.165, 1.54) is 21.2 Å². The molecule has 6 heteroatoms. The van der Waals surface area contributed by atoms with Crippen LogP contribution in [-0.2, 0) is 0 Å². The maximum atomic E-state index is 6.34. The van der Waals surface area contributed by atoms with Crippen molar-refractivity contribution >= 4 is 51.0 Å². The Morgan fingerprint density at radius 3 is 1.86 bits per heavy atom. The summed E-state index contributed by atoms with van der Waals surface area (Å²) in [6, 6.07) is 50.2. The first kappa shape index (κ1) is 25.0. The van der Waals surface area contributed by atoms with E-state index in [1.54, 1.807) is 0 Å². The fourth-order valence-corrected chi connectivity index (χ4v) is 7.04. The van der Waals surface area contributed by atoms with Gasteiger partial charge in [0.1, 0.15) is 11.3 Å². The van der Waals surface area contributed by atoms with Crippen molar-refractivity contribution in [2.45, 2.75) is 9.79 Å². The molecule has 0 saturated heterocycles. The third-order valence-corrected chi connectivity index (χ3v) is 9.15. The number of para-hydroxylation sites is 3. The molecule has 2 aromatic heterocycles. The summed E-state index contributed by atoms with van der Waals surface area (Å²) in [5.41, 5.74) is 9.82. The van der Waals surface area contributed by atoms with Crippen molar-refractivity contribution in [3.63, 3.8) is 0 Å². The predicted molar refractivity (Wildman–Crippen MR) is 178 cm³/mol. The van der Waals surface area contributed by atoms with E-state index in [1.807, 2.05) is 54.2 Å². The number of fused-ring (bicyclic) bond motifs is 4. The molecule has 0 bridgehead atoms. The largest absolute Gasteiger partial charge is 0.436 e. The van der Waals surface area contributed by atoms with Crippen LogP contribution in [0.5, 0.6) is 0 Å². The van der Waals surface area contributed by atoms with Gasteiger partial charge in [-0.2, -0.15) is 0 Å². The molecule has 9 rings (SSSR count). The maximum Gasteiger partial charge on any atom is 0.227 e. The fraction of sp³-hybridized carbons (Fsp3) is 0. The molecular formula is C38H24N4OS. The van der Waals surface area contributed by atoms with E-state index in [-0.39, 0.29) is 0 Å². The van der Waals surface area contributed by atoms with Gasteiger partial charge in [0.05, 0.1) is 22.4 Å². The molecule has 0 atom stereocenters. The summed E-state index contributed by atoms with van der Waals surface area (Å²) in [4.78, 5) is 14.8. The van der Waals surface area contributed by atoms with Gasteiger partial charge in [0.25, 0.3) is 0 Å². The lowest BCUT2D eigenvalue weighted by Gasteiger charge is -2.32. The Bertz CT molecular complexity index is 2260. The molecule has 1 aliphatic heterocycles. The number of aromatic nitrogens is 3. The number of hydrogen-bond acceptors (Lipinski definition) is 5.